The molecule has 6 N–H and O–H groups in total. The standard InChI is InChI=1S/C25H28N6O2/c1-30-10-12-31(13-11-30)22(32)15-20-14-21(16-2-6-18(7-3-16)24(26)27)33-23(20)17-4-8-19(9-5-17)25(28)29/h2-9,14H,10-13,15H2,1H3,(H3,26,27)(H3,28,29). The molecule has 0 radical (unpaired) electrons. The van der Waals surface area contributed by atoms with Gasteiger partial charge in [0.15, 0.2) is 0 Å². The van der Waals surface area contributed by atoms with Crippen molar-refractivity contribution in [3.05, 3.63) is 71.3 Å². The quantitative estimate of drug-likeness (QED) is 0.342. The summed E-state index contributed by atoms with van der Waals surface area (Å²) in [6, 6.07) is 16.4. The maximum absolute atomic E-state index is 13.1. The molecular formula is C25H28N6O2. The number of likely N-dealkylation sites (N-methyl/N-ethyl adjacent to an activating group) is 1. The van der Waals surface area contributed by atoms with Gasteiger partial charge in [-0.05, 0) is 13.1 Å². The number of nitrogens with one attached hydrogen (secondary N) is 2. The van der Waals surface area contributed by atoms with E-state index in [4.69, 9.17) is 26.7 Å². The smallest absolute Gasteiger partial charge is 0.227 e. The Labute approximate surface area is 192 Å². The minimum Gasteiger partial charge on any atom is -0.456 e. The predicted molar refractivity (Wildman–Crippen MR) is 129 cm³/mol. The van der Waals surface area contributed by atoms with E-state index in [1.165, 1.54) is 0 Å². The highest BCUT2D eigenvalue weighted by Gasteiger charge is 2.23. The fourth-order valence-corrected chi connectivity index (χ4v) is 3.89. The van der Waals surface area contributed by atoms with Crippen LogP contribution in [0.5, 0.6) is 0 Å². The number of hydrogen-bond acceptors (Lipinski definition) is 5. The molecule has 0 spiro atoms. The number of nitrogens with two attached hydrogens (primary N) is 2. The van der Waals surface area contributed by atoms with E-state index in [1.54, 1.807) is 24.3 Å². The Balaban J connectivity index is 1.67. The molecule has 3 aromatic rings. The lowest BCUT2D eigenvalue weighted by Crippen LogP contribution is -2.47. The first-order chi connectivity index (χ1) is 15.8. The van der Waals surface area contributed by atoms with E-state index in [0.717, 1.165) is 42.9 Å². The van der Waals surface area contributed by atoms with Crippen LogP contribution in [0.2, 0.25) is 0 Å². The first kappa shape index (κ1) is 22.3. The van der Waals surface area contributed by atoms with Crippen LogP contribution in [0.4, 0.5) is 0 Å². The molecule has 0 bridgehead atoms. The van der Waals surface area contributed by atoms with Gasteiger partial charge in [0.05, 0.1) is 6.42 Å². The molecule has 1 aromatic heterocycles. The lowest BCUT2D eigenvalue weighted by atomic mass is 10.0. The fourth-order valence-electron chi connectivity index (χ4n) is 3.89. The Hall–Kier alpha value is -3.91. The van der Waals surface area contributed by atoms with Crippen molar-refractivity contribution in [1.82, 2.24) is 9.80 Å². The topological polar surface area (TPSA) is 136 Å². The molecule has 0 unspecified atom stereocenters. The number of amidine groups is 2. The molecule has 1 amide bonds. The van der Waals surface area contributed by atoms with E-state index in [2.05, 4.69) is 11.9 Å². The van der Waals surface area contributed by atoms with Crippen molar-refractivity contribution in [1.29, 1.82) is 10.8 Å². The molecule has 1 aliphatic rings. The maximum atomic E-state index is 13.1. The second-order valence-electron chi connectivity index (χ2n) is 8.31. The Bertz CT molecular complexity index is 1170. The molecule has 8 nitrogen and oxygen atoms in total. The van der Waals surface area contributed by atoms with Gasteiger partial charge < -0.3 is 25.7 Å². The van der Waals surface area contributed by atoms with E-state index in [9.17, 15) is 4.79 Å². The molecule has 8 heteroatoms. The number of piperazine rings is 1. The first-order valence-electron chi connectivity index (χ1n) is 10.8. The van der Waals surface area contributed by atoms with Crippen molar-refractivity contribution in [2.75, 3.05) is 33.2 Å². The number of rotatable bonds is 6. The van der Waals surface area contributed by atoms with Gasteiger partial charge in [-0.25, -0.2) is 0 Å². The average Bonchev–Trinajstić information content (AvgIpc) is 3.23. The van der Waals surface area contributed by atoms with Crippen molar-refractivity contribution in [2.24, 2.45) is 11.5 Å². The van der Waals surface area contributed by atoms with Crippen LogP contribution >= 0.6 is 0 Å². The highest BCUT2D eigenvalue weighted by molar-refractivity contribution is 5.96. The number of benzene rings is 2. The van der Waals surface area contributed by atoms with Gasteiger partial charge in [-0.3, -0.25) is 15.6 Å². The zero-order valence-electron chi connectivity index (χ0n) is 18.6. The van der Waals surface area contributed by atoms with Crippen LogP contribution in [0.15, 0.2) is 59.0 Å². The monoisotopic (exact) mass is 444 g/mol. The number of furan rings is 1. The molecule has 4 rings (SSSR count). The molecule has 170 valence electrons. The van der Waals surface area contributed by atoms with Crippen molar-refractivity contribution < 1.29 is 9.21 Å². The van der Waals surface area contributed by atoms with Gasteiger partial charge in [0.1, 0.15) is 23.2 Å². The van der Waals surface area contributed by atoms with Gasteiger partial charge >= 0.3 is 0 Å². The van der Waals surface area contributed by atoms with Crippen LogP contribution in [0, 0.1) is 10.8 Å². The van der Waals surface area contributed by atoms with Gasteiger partial charge in [0.2, 0.25) is 5.91 Å². The average molecular weight is 445 g/mol. The normalized spacial score (nSPS) is 14.3. The number of amides is 1. The van der Waals surface area contributed by atoms with E-state index in [1.807, 2.05) is 35.2 Å². The highest BCUT2D eigenvalue weighted by Crippen LogP contribution is 2.33. The maximum Gasteiger partial charge on any atom is 0.227 e. The van der Waals surface area contributed by atoms with E-state index in [-0.39, 0.29) is 24.0 Å². The minimum atomic E-state index is -0.00212. The SMILES string of the molecule is CN1CCN(C(=O)Cc2cc(-c3ccc(C(=N)N)cc3)oc2-c2ccc(C(=N)N)cc2)CC1. The van der Waals surface area contributed by atoms with Crippen LogP contribution in [-0.4, -0.2) is 60.6 Å². The summed E-state index contributed by atoms with van der Waals surface area (Å²) in [6.07, 6.45) is 0.239. The fraction of sp³-hybridized carbons (Fsp3) is 0.240. The van der Waals surface area contributed by atoms with E-state index in [0.29, 0.717) is 22.6 Å². The minimum absolute atomic E-state index is 0.00212. The van der Waals surface area contributed by atoms with E-state index >= 15 is 0 Å². The second kappa shape index (κ2) is 9.30. The van der Waals surface area contributed by atoms with Gasteiger partial charge in [-0.1, -0.05) is 48.5 Å². The van der Waals surface area contributed by atoms with Crippen LogP contribution in [-0.2, 0) is 11.2 Å². The Morgan fingerprint density at radius 3 is 1.91 bits per heavy atom. The van der Waals surface area contributed by atoms with E-state index < -0.39 is 0 Å². The molecule has 0 aliphatic carbocycles. The predicted octanol–water partition coefficient (Wildman–Crippen LogP) is 2.50. The lowest BCUT2D eigenvalue weighted by molar-refractivity contribution is -0.132. The number of nitrogen functional groups attached to an aromatic ring is 2. The van der Waals surface area contributed by atoms with Crippen molar-refractivity contribution in [3.63, 3.8) is 0 Å². The van der Waals surface area contributed by atoms with Crippen molar-refractivity contribution >= 4 is 17.6 Å². The van der Waals surface area contributed by atoms with Crippen LogP contribution < -0.4 is 11.5 Å². The third kappa shape index (κ3) is 4.96. The Kier molecular flexibility index (Phi) is 6.28. The zero-order chi connectivity index (χ0) is 23.5. The molecule has 1 aliphatic heterocycles. The summed E-state index contributed by atoms with van der Waals surface area (Å²) in [7, 11) is 2.06. The van der Waals surface area contributed by atoms with Gasteiger partial charge in [-0.15, -0.1) is 0 Å². The first-order valence-corrected chi connectivity index (χ1v) is 10.8. The summed E-state index contributed by atoms with van der Waals surface area (Å²) in [6.45, 7) is 3.17. The van der Waals surface area contributed by atoms with Crippen LogP contribution in [0.3, 0.4) is 0 Å². The third-order valence-corrected chi connectivity index (χ3v) is 5.95. The molecule has 2 aromatic carbocycles. The molecule has 1 fully saturated rings. The number of hydrogen-bond donors (Lipinski definition) is 4. The summed E-state index contributed by atoms with van der Waals surface area (Å²) in [4.78, 5) is 17.2. The van der Waals surface area contributed by atoms with Crippen molar-refractivity contribution in [2.45, 2.75) is 6.42 Å². The van der Waals surface area contributed by atoms with Crippen LogP contribution in [0.1, 0.15) is 16.7 Å². The Morgan fingerprint density at radius 2 is 1.39 bits per heavy atom. The molecule has 0 atom stereocenters. The number of carbonyl (C=O) groups is 1. The number of nitrogens with zero attached hydrogens (tertiary/aromatic N) is 2. The zero-order valence-corrected chi connectivity index (χ0v) is 18.6. The summed E-state index contributed by atoms with van der Waals surface area (Å²) in [5.74, 6) is 1.34. The molecule has 33 heavy (non-hydrogen) atoms. The Morgan fingerprint density at radius 1 is 0.879 bits per heavy atom. The second-order valence-corrected chi connectivity index (χ2v) is 8.31. The highest BCUT2D eigenvalue weighted by atomic mass is 16.3. The molecule has 1 saturated heterocycles. The third-order valence-electron chi connectivity index (χ3n) is 5.95. The summed E-state index contributed by atoms with van der Waals surface area (Å²) in [5, 5.41) is 15.2. The van der Waals surface area contributed by atoms with Crippen LogP contribution in [0.25, 0.3) is 22.6 Å². The summed E-state index contributed by atoms with van der Waals surface area (Å²) >= 11 is 0. The lowest BCUT2D eigenvalue weighted by Gasteiger charge is -2.32. The summed E-state index contributed by atoms with van der Waals surface area (Å²) < 4.78 is 6.24. The van der Waals surface area contributed by atoms with Gasteiger partial charge in [-0.2, -0.15) is 0 Å². The molecule has 0 saturated carbocycles. The van der Waals surface area contributed by atoms with Crippen molar-refractivity contribution in [3.8, 4) is 22.6 Å². The summed E-state index contributed by atoms with van der Waals surface area (Å²) in [5.41, 5.74) is 14.9. The molecule has 2 heterocycles. The molecular weight excluding hydrogens is 416 g/mol. The van der Waals surface area contributed by atoms with Gasteiger partial charge in [0.25, 0.3) is 0 Å². The van der Waals surface area contributed by atoms with Gasteiger partial charge in [0, 0.05) is 54.0 Å². The largest absolute Gasteiger partial charge is 0.456 e. The number of carbonyl (C=O) groups excluding carboxylic acids is 1.